The van der Waals surface area contributed by atoms with Crippen LogP contribution in [0.4, 0.5) is 0 Å². The number of allylic oxidation sites excluding steroid dienone is 1. The van der Waals surface area contributed by atoms with Gasteiger partial charge < -0.3 is 19.9 Å². The molecule has 4 rings (SSSR count). The van der Waals surface area contributed by atoms with E-state index >= 15 is 0 Å². The maximum absolute atomic E-state index is 13.0. The third-order valence-corrected chi connectivity index (χ3v) is 5.38. The first kappa shape index (κ1) is 22.0. The highest BCUT2D eigenvalue weighted by Crippen LogP contribution is 2.34. The van der Waals surface area contributed by atoms with Crippen LogP contribution in [-0.2, 0) is 9.53 Å². The molecule has 6 nitrogen and oxygen atoms in total. The van der Waals surface area contributed by atoms with Crippen LogP contribution in [0, 0.1) is 0 Å². The van der Waals surface area contributed by atoms with Crippen molar-refractivity contribution in [1.29, 1.82) is 0 Å². The summed E-state index contributed by atoms with van der Waals surface area (Å²) in [4.78, 5) is 25.1. The lowest BCUT2D eigenvalue weighted by molar-refractivity contribution is -0.156. The SMILES string of the molecule is COC1(C(=O)O)C=C(NC(=O)c2cccc(Oc3ccccc3)c2)C=C(c2ccccc2)C1. The zero-order valence-electron chi connectivity index (χ0n) is 18.0. The number of ether oxygens (including phenoxy) is 2. The maximum atomic E-state index is 13.0. The minimum atomic E-state index is -1.58. The Labute approximate surface area is 191 Å². The van der Waals surface area contributed by atoms with Crippen LogP contribution >= 0.6 is 0 Å². The number of aliphatic carboxylic acids is 1. The van der Waals surface area contributed by atoms with E-state index in [1.165, 1.54) is 13.2 Å². The van der Waals surface area contributed by atoms with Crippen LogP contribution in [-0.4, -0.2) is 29.7 Å². The number of hydrogen-bond acceptors (Lipinski definition) is 4. The van der Waals surface area contributed by atoms with E-state index in [9.17, 15) is 14.7 Å². The number of amides is 1. The second-order valence-electron chi connectivity index (χ2n) is 7.61. The minimum Gasteiger partial charge on any atom is -0.479 e. The van der Waals surface area contributed by atoms with Crippen molar-refractivity contribution in [3.8, 4) is 11.5 Å². The Kier molecular flexibility index (Phi) is 6.38. The lowest BCUT2D eigenvalue weighted by Crippen LogP contribution is -2.42. The molecule has 0 aromatic heterocycles. The van der Waals surface area contributed by atoms with Crippen molar-refractivity contribution in [3.63, 3.8) is 0 Å². The van der Waals surface area contributed by atoms with Gasteiger partial charge in [0.25, 0.3) is 5.91 Å². The van der Waals surface area contributed by atoms with Crippen LogP contribution in [0.1, 0.15) is 22.3 Å². The quantitative estimate of drug-likeness (QED) is 0.536. The fraction of sp³-hybridized carbons (Fsp3) is 0.111. The second kappa shape index (κ2) is 9.54. The van der Waals surface area contributed by atoms with E-state index in [0.29, 0.717) is 22.8 Å². The normalized spacial score (nSPS) is 17.5. The first-order valence-electron chi connectivity index (χ1n) is 10.4. The van der Waals surface area contributed by atoms with Gasteiger partial charge in [0.2, 0.25) is 0 Å². The van der Waals surface area contributed by atoms with Crippen molar-refractivity contribution in [2.24, 2.45) is 0 Å². The molecule has 3 aromatic carbocycles. The number of rotatable bonds is 7. The number of carbonyl (C=O) groups excluding carboxylic acids is 1. The molecule has 0 bridgehead atoms. The highest BCUT2D eigenvalue weighted by atomic mass is 16.5. The molecule has 1 aliphatic carbocycles. The Balaban J connectivity index is 1.61. The summed E-state index contributed by atoms with van der Waals surface area (Å²) in [5.74, 6) is -0.340. The van der Waals surface area contributed by atoms with Gasteiger partial charge in [-0.2, -0.15) is 0 Å². The van der Waals surface area contributed by atoms with E-state index in [1.54, 1.807) is 30.3 Å². The van der Waals surface area contributed by atoms with Crippen molar-refractivity contribution in [2.75, 3.05) is 7.11 Å². The Morgan fingerprint density at radius 1 is 0.909 bits per heavy atom. The molecule has 0 saturated heterocycles. The Morgan fingerprint density at radius 3 is 2.24 bits per heavy atom. The summed E-state index contributed by atoms with van der Waals surface area (Å²) in [7, 11) is 1.35. The van der Waals surface area contributed by atoms with Gasteiger partial charge in [0.1, 0.15) is 11.5 Å². The van der Waals surface area contributed by atoms with Crippen molar-refractivity contribution < 1.29 is 24.2 Å². The van der Waals surface area contributed by atoms with E-state index < -0.39 is 11.6 Å². The minimum absolute atomic E-state index is 0.141. The van der Waals surface area contributed by atoms with Crippen molar-refractivity contribution in [2.45, 2.75) is 12.0 Å². The summed E-state index contributed by atoms with van der Waals surface area (Å²) < 4.78 is 11.2. The Bertz CT molecular complexity index is 1220. The molecule has 1 aliphatic rings. The molecule has 166 valence electrons. The molecule has 1 amide bonds. The number of hydrogen-bond donors (Lipinski definition) is 2. The summed E-state index contributed by atoms with van der Waals surface area (Å²) in [5, 5.41) is 12.7. The molecule has 0 heterocycles. The summed E-state index contributed by atoms with van der Waals surface area (Å²) in [6.07, 6.45) is 3.35. The number of methoxy groups -OCH3 is 1. The second-order valence-corrected chi connectivity index (χ2v) is 7.61. The van der Waals surface area contributed by atoms with E-state index in [0.717, 1.165) is 11.1 Å². The smallest absolute Gasteiger partial charge is 0.340 e. The number of carbonyl (C=O) groups is 2. The zero-order valence-corrected chi connectivity index (χ0v) is 18.0. The molecule has 0 spiro atoms. The third-order valence-electron chi connectivity index (χ3n) is 5.38. The van der Waals surface area contributed by atoms with Crippen LogP contribution in [0.15, 0.2) is 103 Å². The molecule has 1 unspecified atom stereocenters. The fourth-order valence-corrected chi connectivity index (χ4v) is 3.66. The van der Waals surface area contributed by atoms with E-state index in [2.05, 4.69) is 5.32 Å². The van der Waals surface area contributed by atoms with Crippen molar-refractivity contribution >= 4 is 17.4 Å². The van der Waals surface area contributed by atoms with Gasteiger partial charge in [-0.25, -0.2) is 4.79 Å². The highest BCUT2D eigenvalue weighted by Gasteiger charge is 2.40. The molecule has 6 heteroatoms. The standard InChI is InChI=1S/C27H23NO5/c1-32-27(26(30)31)17-21(19-9-4-2-5-10-19)15-22(18-27)28-25(29)20-11-8-14-24(16-20)33-23-12-6-3-7-13-23/h2-16,18H,17H2,1H3,(H,28,29)(H,30,31). The Hall–Kier alpha value is -4.16. The molecule has 0 aliphatic heterocycles. The van der Waals surface area contributed by atoms with Gasteiger partial charge in [-0.15, -0.1) is 0 Å². The van der Waals surface area contributed by atoms with E-state index in [-0.39, 0.29) is 12.3 Å². The maximum Gasteiger partial charge on any atom is 0.340 e. The molecular weight excluding hydrogens is 418 g/mol. The number of carboxylic acid groups (broad SMARTS) is 1. The molecule has 0 radical (unpaired) electrons. The van der Waals surface area contributed by atoms with Crippen molar-refractivity contribution in [1.82, 2.24) is 5.32 Å². The van der Waals surface area contributed by atoms with Gasteiger partial charge in [-0.3, -0.25) is 4.79 Å². The van der Waals surface area contributed by atoms with Crippen LogP contribution in [0.25, 0.3) is 5.57 Å². The molecule has 2 N–H and O–H groups in total. The van der Waals surface area contributed by atoms with Gasteiger partial charge in [0.05, 0.1) is 0 Å². The fourth-order valence-electron chi connectivity index (χ4n) is 3.66. The topological polar surface area (TPSA) is 84.9 Å². The van der Waals surface area contributed by atoms with Gasteiger partial charge in [-0.05, 0) is 53.6 Å². The summed E-state index contributed by atoms with van der Waals surface area (Å²) in [6, 6.07) is 25.5. The predicted octanol–water partition coefficient (Wildman–Crippen LogP) is 5.05. The molecular formula is C27H23NO5. The lowest BCUT2D eigenvalue weighted by Gasteiger charge is -2.30. The van der Waals surface area contributed by atoms with Gasteiger partial charge in [0, 0.05) is 24.8 Å². The van der Waals surface area contributed by atoms with Crippen LogP contribution in [0.3, 0.4) is 0 Å². The summed E-state index contributed by atoms with van der Waals surface area (Å²) in [5.41, 5.74) is 0.754. The van der Waals surface area contributed by atoms with Gasteiger partial charge in [0.15, 0.2) is 5.60 Å². The monoisotopic (exact) mass is 441 g/mol. The first-order chi connectivity index (χ1) is 16.0. The molecule has 3 aromatic rings. The van der Waals surface area contributed by atoms with Gasteiger partial charge in [-0.1, -0.05) is 54.6 Å². The highest BCUT2D eigenvalue weighted by molar-refractivity contribution is 5.97. The van der Waals surface area contributed by atoms with Crippen LogP contribution < -0.4 is 10.1 Å². The summed E-state index contributed by atoms with van der Waals surface area (Å²) >= 11 is 0. The third kappa shape index (κ3) is 5.02. The predicted molar refractivity (Wildman–Crippen MR) is 125 cm³/mol. The largest absolute Gasteiger partial charge is 0.479 e. The number of para-hydroxylation sites is 1. The Morgan fingerprint density at radius 2 is 1.58 bits per heavy atom. The molecule has 1 atom stereocenters. The zero-order chi connectivity index (χ0) is 23.3. The average molecular weight is 441 g/mol. The average Bonchev–Trinajstić information content (AvgIpc) is 2.85. The number of benzene rings is 3. The van der Waals surface area contributed by atoms with Crippen molar-refractivity contribution in [3.05, 3.63) is 114 Å². The number of carboxylic acids is 1. The van der Waals surface area contributed by atoms with Gasteiger partial charge >= 0.3 is 5.97 Å². The lowest BCUT2D eigenvalue weighted by atomic mass is 9.85. The summed E-state index contributed by atoms with van der Waals surface area (Å²) in [6.45, 7) is 0. The molecule has 33 heavy (non-hydrogen) atoms. The van der Waals surface area contributed by atoms with E-state index in [4.69, 9.17) is 9.47 Å². The molecule has 0 saturated carbocycles. The van der Waals surface area contributed by atoms with E-state index in [1.807, 2.05) is 60.7 Å². The van der Waals surface area contributed by atoms with Crippen LogP contribution in [0.2, 0.25) is 0 Å². The first-order valence-corrected chi connectivity index (χ1v) is 10.4. The number of nitrogens with one attached hydrogen (secondary N) is 1. The van der Waals surface area contributed by atoms with Crippen LogP contribution in [0.5, 0.6) is 11.5 Å². The molecule has 0 fully saturated rings.